The Kier molecular flexibility index (Phi) is 14.8. The molecule has 184 valence electrons. The summed E-state index contributed by atoms with van der Waals surface area (Å²) in [4.78, 5) is 60.3. The van der Waals surface area contributed by atoms with E-state index in [1.165, 1.54) is 23.5 Å². The maximum Gasteiger partial charge on any atom is 0.326 e. The van der Waals surface area contributed by atoms with Crippen LogP contribution >= 0.6 is 23.5 Å². The van der Waals surface area contributed by atoms with Gasteiger partial charge in [0, 0.05) is 0 Å². The van der Waals surface area contributed by atoms with Crippen LogP contribution in [0.15, 0.2) is 0 Å². The molecule has 0 aliphatic heterocycles. The molecule has 32 heavy (non-hydrogen) atoms. The smallest absolute Gasteiger partial charge is 0.326 e. The Morgan fingerprint density at radius 1 is 0.844 bits per heavy atom. The molecule has 0 saturated carbocycles. The number of primary amides is 1. The Morgan fingerprint density at radius 3 is 1.78 bits per heavy atom. The molecule has 4 amide bonds. The van der Waals surface area contributed by atoms with Gasteiger partial charge in [-0.05, 0) is 42.8 Å². The van der Waals surface area contributed by atoms with Gasteiger partial charge < -0.3 is 32.5 Å². The van der Waals surface area contributed by atoms with Gasteiger partial charge in [-0.1, -0.05) is 13.8 Å². The number of thioether (sulfide) groups is 2. The zero-order valence-electron chi connectivity index (χ0n) is 18.9. The van der Waals surface area contributed by atoms with Gasteiger partial charge in [-0.15, -0.1) is 0 Å². The number of nitrogens with one attached hydrogen (secondary N) is 3. The SMILES string of the molecule is CSCCC(NC(=O)C(CCSC)NC(=O)C(NC(=O)C(N)CC(N)=O)C(C)C)C(=O)O. The molecule has 4 atom stereocenters. The standard InChI is InChI=1S/C19H35N5O6S2/c1-10(2)15(24-16(26)11(20)9-14(21)25)18(28)22-12(5-7-31-3)17(27)23-13(19(29)30)6-8-32-4/h10-13,15H,5-9,20H2,1-4H3,(H2,21,25)(H,22,28)(H,23,27)(H,24,26)(H,29,30). The Hall–Kier alpha value is -1.99. The highest BCUT2D eigenvalue weighted by Crippen LogP contribution is 2.08. The number of amides is 4. The van der Waals surface area contributed by atoms with Crippen LogP contribution in [0.5, 0.6) is 0 Å². The van der Waals surface area contributed by atoms with Crippen molar-refractivity contribution in [3.8, 4) is 0 Å². The number of aliphatic carboxylic acids is 1. The Morgan fingerprint density at radius 2 is 1.34 bits per heavy atom. The summed E-state index contributed by atoms with van der Waals surface area (Å²) in [6, 6.07) is -4.28. The summed E-state index contributed by atoms with van der Waals surface area (Å²) in [6.45, 7) is 3.40. The fraction of sp³-hybridized carbons (Fsp3) is 0.737. The maximum absolute atomic E-state index is 12.9. The topological polar surface area (TPSA) is 194 Å². The van der Waals surface area contributed by atoms with Gasteiger partial charge in [-0.25, -0.2) is 4.79 Å². The summed E-state index contributed by atoms with van der Waals surface area (Å²) in [5.74, 6) is -3.10. The molecule has 0 aromatic carbocycles. The summed E-state index contributed by atoms with van der Waals surface area (Å²) >= 11 is 2.93. The van der Waals surface area contributed by atoms with Gasteiger partial charge in [-0.2, -0.15) is 23.5 Å². The van der Waals surface area contributed by atoms with Crippen LogP contribution in [0.3, 0.4) is 0 Å². The lowest BCUT2D eigenvalue weighted by Gasteiger charge is -2.27. The highest BCUT2D eigenvalue weighted by atomic mass is 32.2. The first-order valence-corrected chi connectivity index (χ1v) is 12.9. The highest BCUT2D eigenvalue weighted by Gasteiger charge is 2.31. The molecule has 0 aliphatic carbocycles. The van der Waals surface area contributed by atoms with E-state index in [4.69, 9.17) is 11.5 Å². The third kappa shape index (κ3) is 11.6. The lowest BCUT2D eigenvalue weighted by atomic mass is 10.0. The largest absolute Gasteiger partial charge is 0.480 e. The summed E-state index contributed by atoms with van der Waals surface area (Å²) < 4.78 is 0. The van der Waals surface area contributed by atoms with Crippen LogP contribution in [0, 0.1) is 5.92 Å². The molecule has 0 radical (unpaired) electrons. The van der Waals surface area contributed by atoms with E-state index in [1.54, 1.807) is 13.8 Å². The summed E-state index contributed by atoms with van der Waals surface area (Å²) in [6.07, 6.45) is 3.82. The molecule has 11 nitrogen and oxygen atoms in total. The van der Waals surface area contributed by atoms with Crippen molar-refractivity contribution in [2.24, 2.45) is 17.4 Å². The van der Waals surface area contributed by atoms with Crippen molar-refractivity contribution in [2.75, 3.05) is 24.0 Å². The minimum Gasteiger partial charge on any atom is -0.480 e. The highest BCUT2D eigenvalue weighted by molar-refractivity contribution is 7.98. The number of rotatable bonds is 16. The number of hydrogen-bond acceptors (Lipinski definition) is 8. The number of carbonyl (C=O) groups excluding carboxylic acids is 4. The second-order valence-electron chi connectivity index (χ2n) is 7.53. The third-order valence-electron chi connectivity index (χ3n) is 4.47. The summed E-state index contributed by atoms with van der Waals surface area (Å²) in [5, 5.41) is 16.9. The average Bonchev–Trinajstić information content (AvgIpc) is 2.70. The zero-order chi connectivity index (χ0) is 24.8. The third-order valence-corrected chi connectivity index (χ3v) is 5.76. The van der Waals surface area contributed by atoms with Gasteiger partial charge in [0.1, 0.15) is 18.1 Å². The van der Waals surface area contributed by atoms with Crippen LogP contribution in [0.4, 0.5) is 0 Å². The van der Waals surface area contributed by atoms with E-state index in [0.29, 0.717) is 11.5 Å². The molecule has 0 bridgehead atoms. The number of nitrogens with two attached hydrogens (primary N) is 2. The van der Waals surface area contributed by atoms with Crippen molar-refractivity contribution in [2.45, 2.75) is 57.3 Å². The Bertz CT molecular complexity index is 664. The van der Waals surface area contributed by atoms with Crippen LogP contribution in [0.1, 0.15) is 33.1 Å². The van der Waals surface area contributed by atoms with E-state index in [9.17, 15) is 29.1 Å². The first-order chi connectivity index (χ1) is 14.9. The normalized spacial score (nSPS) is 14.7. The monoisotopic (exact) mass is 493 g/mol. The van der Waals surface area contributed by atoms with E-state index in [2.05, 4.69) is 16.0 Å². The molecule has 0 aromatic rings. The van der Waals surface area contributed by atoms with Crippen molar-refractivity contribution >= 4 is 53.1 Å². The van der Waals surface area contributed by atoms with Crippen molar-refractivity contribution in [3.05, 3.63) is 0 Å². The molecule has 0 fully saturated rings. The average molecular weight is 494 g/mol. The molecule has 4 unspecified atom stereocenters. The molecule has 0 spiro atoms. The molecule has 0 aliphatic rings. The molecule has 0 rings (SSSR count). The predicted molar refractivity (Wildman–Crippen MR) is 126 cm³/mol. The molecular formula is C19H35N5O6S2. The Balaban J connectivity index is 5.35. The van der Waals surface area contributed by atoms with E-state index < -0.39 is 53.8 Å². The van der Waals surface area contributed by atoms with Crippen molar-refractivity contribution in [3.63, 3.8) is 0 Å². The van der Waals surface area contributed by atoms with E-state index in [-0.39, 0.29) is 25.2 Å². The second-order valence-corrected chi connectivity index (χ2v) is 9.50. The predicted octanol–water partition coefficient (Wildman–Crippen LogP) is -1.11. The molecule has 13 heteroatoms. The van der Waals surface area contributed by atoms with Crippen LogP contribution in [0.2, 0.25) is 0 Å². The molecular weight excluding hydrogens is 458 g/mol. The van der Waals surface area contributed by atoms with Crippen molar-refractivity contribution in [1.29, 1.82) is 0 Å². The van der Waals surface area contributed by atoms with Gasteiger partial charge in [0.15, 0.2) is 0 Å². The summed E-state index contributed by atoms with van der Waals surface area (Å²) in [7, 11) is 0. The number of hydrogen-bond donors (Lipinski definition) is 6. The first-order valence-electron chi connectivity index (χ1n) is 10.1. The molecule has 0 heterocycles. The minimum absolute atomic E-state index is 0.244. The van der Waals surface area contributed by atoms with Crippen LogP contribution in [-0.4, -0.2) is 82.9 Å². The Labute approximate surface area is 196 Å². The van der Waals surface area contributed by atoms with Gasteiger partial charge in [-0.3, -0.25) is 19.2 Å². The van der Waals surface area contributed by atoms with Crippen LogP contribution < -0.4 is 27.4 Å². The molecule has 0 saturated heterocycles. The maximum atomic E-state index is 12.9. The van der Waals surface area contributed by atoms with Gasteiger partial charge in [0.25, 0.3) is 0 Å². The second kappa shape index (κ2) is 15.8. The lowest BCUT2D eigenvalue weighted by molar-refractivity contribution is -0.142. The van der Waals surface area contributed by atoms with Crippen molar-refractivity contribution < 1.29 is 29.1 Å². The van der Waals surface area contributed by atoms with E-state index in [1.807, 2.05) is 12.5 Å². The number of carbonyl (C=O) groups is 5. The fourth-order valence-corrected chi connectivity index (χ4v) is 3.58. The quantitative estimate of drug-likeness (QED) is 0.155. The van der Waals surface area contributed by atoms with Crippen LogP contribution in [0.25, 0.3) is 0 Å². The fourth-order valence-electron chi connectivity index (χ4n) is 2.64. The molecule has 8 N–H and O–H groups in total. The number of carboxylic acid groups (broad SMARTS) is 1. The van der Waals surface area contributed by atoms with E-state index in [0.717, 1.165) is 0 Å². The van der Waals surface area contributed by atoms with Gasteiger partial charge in [0.05, 0.1) is 12.5 Å². The van der Waals surface area contributed by atoms with Crippen molar-refractivity contribution in [1.82, 2.24) is 16.0 Å². The first kappa shape index (κ1) is 30.0. The zero-order valence-corrected chi connectivity index (χ0v) is 20.5. The minimum atomic E-state index is -1.20. The van der Waals surface area contributed by atoms with Crippen LogP contribution in [-0.2, 0) is 24.0 Å². The lowest BCUT2D eigenvalue weighted by Crippen LogP contribution is -2.58. The molecule has 0 aromatic heterocycles. The summed E-state index contributed by atoms with van der Waals surface area (Å²) in [5.41, 5.74) is 10.7. The van der Waals surface area contributed by atoms with E-state index >= 15 is 0 Å². The number of carboxylic acids is 1. The van der Waals surface area contributed by atoms with Gasteiger partial charge >= 0.3 is 5.97 Å². The van der Waals surface area contributed by atoms with Gasteiger partial charge in [0.2, 0.25) is 23.6 Å².